The first-order valence-electron chi connectivity index (χ1n) is 10.1. The molecule has 0 radical (unpaired) electrons. The van der Waals surface area contributed by atoms with Crippen molar-refractivity contribution in [1.29, 1.82) is 0 Å². The van der Waals surface area contributed by atoms with Gasteiger partial charge in [0.15, 0.2) is 6.61 Å². The van der Waals surface area contributed by atoms with Crippen molar-refractivity contribution >= 4 is 11.8 Å². The van der Waals surface area contributed by atoms with Crippen LogP contribution in [-0.2, 0) is 16.1 Å². The van der Waals surface area contributed by atoms with Crippen molar-refractivity contribution in [3.8, 4) is 5.75 Å². The molecule has 0 unspecified atom stereocenters. The van der Waals surface area contributed by atoms with E-state index in [1.165, 1.54) is 0 Å². The molecular weight excluding hydrogens is 364 g/mol. The van der Waals surface area contributed by atoms with Gasteiger partial charge in [0, 0.05) is 32.1 Å². The SMILES string of the molecule is C=CCN(Cc1ccccc1)C(=O)C1CCN(C(=O)COc2ccccc2)CC1. The fourth-order valence-electron chi connectivity index (χ4n) is 3.58. The molecule has 5 nitrogen and oxygen atoms in total. The minimum atomic E-state index is -0.0576. The van der Waals surface area contributed by atoms with E-state index in [2.05, 4.69) is 6.58 Å². The number of benzene rings is 2. The zero-order valence-electron chi connectivity index (χ0n) is 16.7. The minimum absolute atomic E-state index is 0.0270. The Morgan fingerprint density at radius 3 is 2.28 bits per heavy atom. The summed E-state index contributed by atoms with van der Waals surface area (Å²) in [4.78, 5) is 29.1. The number of hydrogen-bond acceptors (Lipinski definition) is 3. The fraction of sp³-hybridized carbons (Fsp3) is 0.333. The van der Waals surface area contributed by atoms with Crippen LogP contribution in [-0.4, -0.2) is 47.9 Å². The predicted octanol–water partition coefficient (Wildman–Crippen LogP) is 3.52. The van der Waals surface area contributed by atoms with Crippen molar-refractivity contribution in [2.75, 3.05) is 26.2 Å². The van der Waals surface area contributed by atoms with E-state index in [1.54, 1.807) is 11.0 Å². The average molecular weight is 392 g/mol. The van der Waals surface area contributed by atoms with Crippen molar-refractivity contribution in [3.05, 3.63) is 78.9 Å². The lowest BCUT2D eigenvalue weighted by Crippen LogP contribution is -2.45. The van der Waals surface area contributed by atoms with Crippen LogP contribution in [0.3, 0.4) is 0 Å². The zero-order valence-corrected chi connectivity index (χ0v) is 16.7. The van der Waals surface area contributed by atoms with Crippen LogP contribution in [0.5, 0.6) is 5.75 Å². The summed E-state index contributed by atoms with van der Waals surface area (Å²) in [6, 6.07) is 19.3. The topological polar surface area (TPSA) is 49.9 Å². The Labute approximate surface area is 172 Å². The van der Waals surface area contributed by atoms with Crippen molar-refractivity contribution < 1.29 is 14.3 Å². The van der Waals surface area contributed by atoms with Crippen molar-refractivity contribution in [2.45, 2.75) is 19.4 Å². The molecule has 0 aliphatic carbocycles. The van der Waals surface area contributed by atoms with Crippen LogP contribution in [0, 0.1) is 5.92 Å². The Morgan fingerprint density at radius 2 is 1.66 bits per heavy atom. The number of hydrogen-bond donors (Lipinski definition) is 0. The number of nitrogens with zero attached hydrogens (tertiary/aromatic N) is 2. The summed E-state index contributed by atoms with van der Waals surface area (Å²) in [6.07, 6.45) is 3.12. The van der Waals surface area contributed by atoms with Crippen LogP contribution < -0.4 is 4.74 Å². The normalized spacial score (nSPS) is 14.3. The molecule has 5 heteroatoms. The first-order valence-corrected chi connectivity index (χ1v) is 10.1. The molecule has 1 aliphatic rings. The molecule has 0 spiro atoms. The molecule has 2 aromatic rings. The predicted molar refractivity (Wildman–Crippen MR) is 113 cm³/mol. The van der Waals surface area contributed by atoms with Crippen LogP contribution >= 0.6 is 0 Å². The first kappa shape index (κ1) is 20.6. The lowest BCUT2D eigenvalue weighted by atomic mass is 9.95. The van der Waals surface area contributed by atoms with Crippen LogP contribution in [0.25, 0.3) is 0 Å². The van der Waals surface area contributed by atoms with Crippen molar-refractivity contribution in [1.82, 2.24) is 9.80 Å². The molecule has 0 bridgehead atoms. The van der Waals surface area contributed by atoms with Gasteiger partial charge in [-0.05, 0) is 30.5 Å². The van der Waals surface area contributed by atoms with E-state index in [1.807, 2.05) is 65.6 Å². The molecule has 3 rings (SSSR count). The highest BCUT2D eigenvalue weighted by Crippen LogP contribution is 2.21. The van der Waals surface area contributed by atoms with Gasteiger partial charge in [0.2, 0.25) is 5.91 Å². The number of piperidine rings is 1. The van der Waals surface area contributed by atoms with E-state index in [-0.39, 0.29) is 24.3 Å². The smallest absolute Gasteiger partial charge is 0.260 e. The largest absolute Gasteiger partial charge is 0.484 e. The van der Waals surface area contributed by atoms with Gasteiger partial charge in [0.05, 0.1) is 0 Å². The highest BCUT2D eigenvalue weighted by atomic mass is 16.5. The molecule has 2 amide bonds. The molecule has 0 atom stereocenters. The van der Waals surface area contributed by atoms with Gasteiger partial charge in [-0.3, -0.25) is 9.59 Å². The van der Waals surface area contributed by atoms with Crippen LogP contribution in [0.4, 0.5) is 0 Å². The number of amides is 2. The molecule has 2 aromatic carbocycles. The van der Waals surface area contributed by atoms with Gasteiger partial charge >= 0.3 is 0 Å². The molecule has 0 saturated carbocycles. The van der Waals surface area contributed by atoms with Gasteiger partial charge in [-0.1, -0.05) is 54.6 Å². The lowest BCUT2D eigenvalue weighted by molar-refractivity contribution is -0.141. The van der Waals surface area contributed by atoms with Crippen LogP contribution in [0.15, 0.2) is 73.3 Å². The Bertz CT molecular complexity index is 799. The van der Waals surface area contributed by atoms with E-state index in [0.717, 1.165) is 5.56 Å². The number of ether oxygens (including phenoxy) is 1. The zero-order chi connectivity index (χ0) is 20.5. The van der Waals surface area contributed by atoms with Crippen LogP contribution in [0.1, 0.15) is 18.4 Å². The summed E-state index contributed by atoms with van der Waals surface area (Å²) < 4.78 is 5.55. The van der Waals surface area contributed by atoms with E-state index < -0.39 is 0 Å². The number of likely N-dealkylation sites (tertiary alicyclic amines) is 1. The molecular formula is C24H28N2O3. The molecule has 0 aromatic heterocycles. The second-order valence-electron chi connectivity index (χ2n) is 7.25. The third-order valence-electron chi connectivity index (χ3n) is 5.18. The second kappa shape index (κ2) is 10.5. The Morgan fingerprint density at radius 1 is 1.03 bits per heavy atom. The summed E-state index contributed by atoms with van der Waals surface area (Å²) in [5.74, 6) is 0.734. The standard InChI is InChI=1S/C24H28N2O3/c1-2-15-26(18-20-9-5-3-6-10-20)24(28)21-13-16-25(17-14-21)23(27)19-29-22-11-7-4-8-12-22/h2-12,21H,1,13-19H2. The molecule has 0 N–H and O–H groups in total. The fourth-order valence-corrected chi connectivity index (χ4v) is 3.58. The Kier molecular flexibility index (Phi) is 7.45. The maximum absolute atomic E-state index is 13.0. The second-order valence-corrected chi connectivity index (χ2v) is 7.25. The first-order chi connectivity index (χ1) is 14.2. The molecule has 152 valence electrons. The highest BCUT2D eigenvalue weighted by Gasteiger charge is 2.30. The third kappa shape index (κ3) is 5.95. The maximum atomic E-state index is 13.0. The minimum Gasteiger partial charge on any atom is -0.484 e. The molecule has 29 heavy (non-hydrogen) atoms. The molecule has 1 aliphatic heterocycles. The summed E-state index contributed by atoms with van der Waals surface area (Å²) in [6.45, 7) is 6.09. The summed E-state index contributed by atoms with van der Waals surface area (Å²) in [5, 5.41) is 0. The van der Waals surface area contributed by atoms with Gasteiger partial charge in [0.1, 0.15) is 5.75 Å². The summed E-state index contributed by atoms with van der Waals surface area (Å²) in [5.41, 5.74) is 1.10. The van der Waals surface area contributed by atoms with Gasteiger partial charge in [0.25, 0.3) is 5.91 Å². The van der Waals surface area contributed by atoms with E-state index >= 15 is 0 Å². The van der Waals surface area contributed by atoms with Gasteiger partial charge < -0.3 is 14.5 Å². The molecule has 1 fully saturated rings. The maximum Gasteiger partial charge on any atom is 0.260 e. The van der Waals surface area contributed by atoms with Gasteiger partial charge in [-0.25, -0.2) is 0 Å². The van der Waals surface area contributed by atoms with Gasteiger partial charge in [-0.15, -0.1) is 6.58 Å². The van der Waals surface area contributed by atoms with E-state index in [4.69, 9.17) is 4.74 Å². The third-order valence-corrected chi connectivity index (χ3v) is 5.18. The monoisotopic (exact) mass is 392 g/mol. The van der Waals surface area contributed by atoms with Crippen molar-refractivity contribution in [3.63, 3.8) is 0 Å². The Hall–Kier alpha value is -3.08. The number of carbonyl (C=O) groups is 2. The molecule has 1 heterocycles. The van der Waals surface area contributed by atoms with E-state index in [9.17, 15) is 9.59 Å². The van der Waals surface area contributed by atoms with Crippen LogP contribution in [0.2, 0.25) is 0 Å². The highest BCUT2D eigenvalue weighted by molar-refractivity contribution is 5.81. The summed E-state index contributed by atoms with van der Waals surface area (Å²) >= 11 is 0. The van der Waals surface area contributed by atoms with Crippen molar-refractivity contribution in [2.24, 2.45) is 5.92 Å². The van der Waals surface area contributed by atoms with Gasteiger partial charge in [-0.2, -0.15) is 0 Å². The average Bonchev–Trinajstić information content (AvgIpc) is 2.78. The summed E-state index contributed by atoms with van der Waals surface area (Å²) in [7, 11) is 0. The number of para-hydroxylation sites is 1. The quantitative estimate of drug-likeness (QED) is 0.646. The number of carbonyl (C=O) groups excluding carboxylic acids is 2. The van der Waals surface area contributed by atoms with E-state index in [0.29, 0.717) is 44.8 Å². The molecule has 1 saturated heterocycles. The Balaban J connectivity index is 1.49. The lowest BCUT2D eigenvalue weighted by Gasteiger charge is -2.34. The number of rotatable bonds is 8.